The van der Waals surface area contributed by atoms with Gasteiger partial charge in [0.1, 0.15) is 10.8 Å². The molecule has 1 aromatic carbocycles. The van der Waals surface area contributed by atoms with E-state index in [0.717, 1.165) is 15.4 Å². The van der Waals surface area contributed by atoms with E-state index in [1.807, 2.05) is 6.07 Å². The predicted molar refractivity (Wildman–Crippen MR) is 62.9 cm³/mol. The summed E-state index contributed by atoms with van der Waals surface area (Å²) in [5.41, 5.74) is 0.779. The number of rotatable bonds is 3. The maximum atomic E-state index is 13.0. The van der Waals surface area contributed by atoms with E-state index in [1.165, 1.54) is 23.5 Å². The van der Waals surface area contributed by atoms with E-state index in [0.29, 0.717) is 6.42 Å². The molecule has 16 heavy (non-hydrogen) atoms. The van der Waals surface area contributed by atoms with Crippen molar-refractivity contribution in [3.8, 4) is 10.6 Å². The number of thiazole rings is 1. The lowest BCUT2D eigenvalue weighted by atomic mass is 10.2. The summed E-state index contributed by atoms with van der Waals surface area (Å²) in [6.07, 6.45) is 1.95. The van der Waals surface area contributed by atoms with Gasteiger partial charge in [-0.25, -0.2) is 9.37 Å². The number of hydrogen-bond donors (Lipinski definition) is 1. The van der Waals surface area contributed by atoms with Crippen molar-refractivity contribution in [2.75, 3.05) is 0 Å². The largest absolute Gasteiger partial charge is 0.393 e. The molecule has 0 fully saturated rings. The average Bonchev–Trinajstić information content (AvgIpc) is 2.65. The van der Waals surface area contributed by atoms with Crippen LogP contribution in [0, 0.1) is 5.82 Å². The van der Waals surface area contributed by atoms with Gasteiger partial charge in [-0.2, -0.15) is 0 Å². The van der Waals surface area contributed by atoms with Crippen molar-refractivity contribution in [3.63, 3.8) is 0 Å². The molecule has 0 spiro atoms. The predicted octanol–water partition coefficient (Wildman–Crippen LogP) is 2.87. The standard InChI is InChI=1S/C12H12FNOS/c1-8(15)5-11-7-14-12(16-11)9-3-2-4-10(13)6-9/h2-4,6-8,15H,5H2,1H3. The molecule has 1 aromatic heterocycles. The minimum Gasteiger partial charge on any atom is -0.393 e. The Morgan fingerprint density at radius 3 is 3.00 bits per heavy atom. The van der Waals surface area contributed by atoms with Crippen molar-refractivity contribution in [3.05, 3.63) is 41.2 Å². The van der Waals surface area contributed by atoms with Gasteiger partial charge in [-0.05, 0) is 19.1 Å². The molecule has 0 amide bonds. The Morgan fingerprint density at radius 2 is 2.31 bits per heavy atom. The maximum Gasteiger partial charge on any atom is 0.123 e. The highest BCUT2D eigenvalue weighted by Gasteiger charge is 2.07. The Morgan fingerprint density at radius 1 is 1.50 bits per heavy atom. The highest BCUT2D eigenvalue weighted by atomic mass is 32.1. The molecule has 0 saturated heterocycles. The van der Waals surface area contributed by atoms with Crippen LogP contribution in [0.2, 0.25) is 0 Å². The van der Waals surface area contributed by atoms with Crippen LogP contribution in [0.4, 0.5) is 4.39 Å². The molecule has 2 rings (SSSR count). The molecule has 0 radical (unpaired) electrons. The summed E-state index contributed by atoms with van der Waals surface area (Å²) in [5, 5.41) is 10.0. The van der Waals surface area contributed by atoms with E-state index in [-0.39, 0.29) is 11.9 Å². The Kier molecular flexibility index (Phi) is 3.31. The van der Waals surface area contributed by atoms with Gasteiger partial charge in [0.15, 0.2) is 0 Å². The van der Waals surface area contributed by atoms with Gasteiger partial charge < -0.3 is 5.11 Å². The number of nitrogens with zero attached hydrogens (tertiary/aromatic N) is 1. The van der Waals surface area contributed by atoms with E-state index in [2.05, 4.69) is 4.98 Å². The Hall–Kier alpha value is -1.26. The normalized spacial score (nSPS) is 12.7. The molecule has 4 heteroatoms. The number of aromatic nitrogens is 1. The van der Waals surface area contributed by atoms with Crippen LogP contribution >= 0.6 is 11.3 Å². The molecule has 1 atom stereocenters. The van der Waals surface area contributed by atoms with E-state index in [1.54, 1.807) is 19.2 Å². The third kappa shape index (κ3) is 2.65. The van der Waals surface area contributed by atoms with Crippen molar-refractivity contribution in [2.45, 2.75) is 19.4 Å². The van der Waals surface area contributed by atoms with Gasteiger partial charge in [0.25, 0.3) is 0 Å². The van der Waals surface area contributed by atoms with Crippen molar-refractivity contribution >= 4 is 11.3 Å². The van der Waals surface area contributed by atoms with Crippen molar-refractivity contribution in [1.29, 1.82) is 0 Å². The van der Waals surface area contributed by atoms with Gasteiger partial charge in [-0.1, -0.05) is 12.1 Å². The van der Waals surface area contributed by atoms with Crippen LogP contribution in [0.3, 0.4) is 0 Å². The molecule has 1 N–H and O–H groups in total. The van der Waals surface area contributed by atoms with Crippen molar-refractivity contribution in [1.82, 2.24) is 4.98 Å². The van der Waals surface area contributed by atoms with Crippen LogP contribution in [0.15, 0.2) is 30.5 Å². The monoisotopic (exact) mass is 237 g/mol. The third-order valence-corrected chi connectivity index (χ3v) is 3.19. The van der Waals surface area contributed by atoms with Crippen LogP contribution in [0.5, 0.6) is 0 Å². The van der Waals surface area contributed by atoms with Gasteiger partial charge >= 0.3 is 0 Å². The zero-order chi connectivity index (χ0) is 11.5. The molecular formula is C12H12FNOS. The quantitative estimate of drug-likeness (QED) is 0.890. The number of hydrogen-bond acceptors (Lipinski definition) is 3. The highest BCUT2D eigenvalue weighted by Crippen LogP contribution is 2.26. The van der Waals surface area contributed by atoms with Crippen LogP contribution in [-0.2, 0) is 6.42 Å². The Labute approximate surface area is 97.4 Å². The average molecular weight is 237 g/mol. The number of benzene rings is 1. The minimum absolute atomic E-state index is 0.259. The molecule has 2 nitrogen and oxygen atoms in total. The summed E-state index contributed by atoms with van der Waals surface area (Å²) in [6.45, 7) is 1.74. The third-order valence-electron chi connectivity index (χ3n) is 2.12. The van der Waals surface area contributed by atoms with Crippen molar-refractivity contribution in [2.24, 2.45) is 0 Å². The van der Waals surface area contributed by atoms with Gasteiger partial charge in [0, 0.05) is 23.1 Å². The Balaban J connectivity index is 2.24. The Bertz CT molecular complexity index is 481. The molecule has 1 heterocycles. The van der Waals surface area contributed by atoms with Crippen LogP contribution < -0.4 is 0 Å². The van der Waals surface area contributed by atoms with E-state index < -0.39 is 0 Å². The smallest absolute Gasteiger partial charge is 0.123 e. The molecule has 1 unspecified atom stereocenters. The fraction of sp³-hybridized carbons (Fsp3) is 0.250. The molecular weight excluding hydrogens is 225 g/mol. The summed E-state index contributed by atoms with van der Waals surface area (Å²) in [4.78, 5) is 5.23. The zero-order valence-corrected chi connectivity index (χ0v) is 9.67. The fourth-order valence-corrected chi connectivity index (χ4v) is 2.48. The second-order valence-electron chi connectivity index (χ2n) is 3.70. The SMILES string of the molecule is CC(O)Cc1cnc(-c2cccc(F)c2)s1. The minimum atomic E-state index is -0.374. The second-order valence-corrected chi connectivity index (χ2v) is 4.81. The molecule has 0 saturated carbocycles. The summed E-state index contributed by atoms with van der Waals surface area (Å²) < 4.78 is 13.0. The first kappa shape index (κ1) is 11.2. The molecule has 0 aliphatic rings. The number of aliphatic hydroxyl groups is 1. The summed E-state index contributed by atoms with van der Waals surface area (Å²) in [7, 11) is 0. The number of aliphatic hydroxyl groups excluding tert-OH is 1. The fourth-order valence-electron chi connectivity index (χ4n) is 1.45. The van der Waals surface area contributed by atoms with Gasteiger partial charge in [-0.3, -0.25) is 0 Å². The number of halogens is 1. The lowest BCUT2D eigenvalue weighted by molar-refractivity contribution is 0.196. The first-order valence-corrected chi connectivity index (χ1v) is 5.85. The van der Waals surface area contributed by atoms with Gasteiger partial charge in [-0.15, -0.1) is 11.3 Å². The molecule has 84 valence electrons. The first-order valence-electron chi connectivity index (χ1n) is 5.04. The van der Waals surface area contributed by atoms with Crippen LogP contribution in [-0.4, -0.2) is 16.2 Å². The maximum absolute atomic E-state index is 13.0. The van der Waals surface area contributed by atoms with Gasteiger partial charge in [0.2, 0.25) is 0 Å². The molecule has 0 bridgehead atoms. The van der Waals surface area contributed by atoms with E-state index >= 15 is 0 Å². The summed E-state index contributed by atoms with van der Waals surface area (Å²) in [6, 6.07) is 6.37. The van der Waals surface area contributed by atoms with E-state index in [9.17, 15) is 9.50 Å². The lowest BCUT2D eigenvalue weighted by Gasteiger charge is -1.98. The van der Waals surface area contributed by atoms with Crippen LogP contribution in [0.25, 0.3) is 10.6 Å². The lowest BCUT2D eigenvalue weighted by Crippen LogP contribution is -2.01. The van der Waals surface area contributed by atoms with E-state index in [4.69, 9.17) is 0 Å². The van der Waals surface area contributed by atoms with Crippen molar-refractivity contribution < 1.29 is 9.50 Å². The van der Waals surface area contributed by atoms with Crippen LogP contribution in [0.1, 0.15) is 11.8 Å². The molecule has 0 aliphatic carbocycles. The summed E-state index contributed by atoms with van der Waals surface area (Å²) in [5.74, 6) is -0.259. The molecule has 2 aromatic rings. The zero-order valence-electron chi connectivity index (χ0n) is 8.85. The summed E-state index contributed by atoms with van der Waals surface area (Å²) >= 11 is 1.49. The second kappa shape index (κ2) is 4.72. The van der Waals surface area contributed by atoms with Gasteiger partial charge in [0.05, 0.1) is 6.10 Å². The first-order chi connectivity index (χ1) is 7.65. The topological polar surface area (TPSA) is 33.1 Å². The molecule has 0 aliphatic heterocycles. The highest BCUT2D eigenvalue weighted by molar-refractivity contribution is 7.15.